The Labute approximate surface area is 132 Å². The maximum atomic E-state index is 12.3. The molecule has 3 unspecified atom stereocenters. The van der Waals surface area contributed by atoms with E-state index in [2.05, 4.69) is 16.0 Å². The lowest BCUT2D eigenvalue weighted by atomic mass is 9.98. The topological polar surface area (TPSA) is 113 Å². The highest BCUT2D eigenvalue weighted by molar-refractivity contribution is 5.90. The van der Waals surface area contributed by atoms with Gasteiger partial charge in [-0.2, -0.15) is 0 Å². The fraction of sp³-hybridized carbons (Fsp3) is 0.800. The molecule has 0 fully saturated rings. The second-order valence-corrected chi connectivity index (χ2v) is 5.41. The number of likely N-dealkylation sites (N-methyl/N-ethyl adjacent to an activating group) is 1. The van der Waals surface area contributed by atoms with Crippen molar-refractivity contribution in [2.24, 2.45) is 11.7 Å². The summed E-state index contributed by atoms with van der Waals surface area (Å²) in [6, 6.07) is -0.986. The quantitative estimate of drug-likeness (QED) is 0.288. The third-order valence-corrected chi connectivity index (χ3v) is 3.75. The maximum Gasteiger partial charge on any atom is 0.242 e. The summed E-state index contributed by atoms with van der Waals surface area (Å²) >= 11 is 0. The van der Waals surface area contributed by atoms with Crippen molar-refractivity contribution in [2.75, 3.05) is 20.1 Å². The van der Waals surface area contributed by atoms with Gasteiger partial charge in [0.05, 0.1) is 12.6 Å². The van der Waals surface area contributed by atoms with Crippen LogP contribution in [0.4, 0.5) is 0 Å². The molecule has 128 valence electrons. The van der Waals surface area contributed by atoms with E-state index in [0.29, 0.717) is 19.3 Å². The van der Waals surface area contributed by atoms with Crippen LogP contribution in [0.15, 0.2) is 0 Å². The number of nitrogens with two attached hydrogens (primary N) is 1. The van der Waals surface area contributed by atoms with E-state index in [9.17, 15) is 14.4 Å². The summed E-state index contributed by atoms with van der Waals surface area (Å²) < 4.78 is 0. The Hall–Kier alpha value is -1.47. The number of hydrogen-bond donors (Lipinski definition) is 4. The summed E-state index contributed by atoms with van der Waals surface area (Å²) in [5.41, 5.74) is 5.46. The van der Waals surface area contributed by atoms with Crippen LogP contribution in [-0.2, 0) is 14.4 Å². The zero-order chi connectivity index (χ0) is 17.0. The summed E-state index contributed by atoms with van der Waals surface area (Å²) in [6.07, 6.45) is 3.50. The van der Waals surface area contributed by atoms with E-state index in [1.165, 1.54) is 0 Å². The van der Waals surface area contributed by atoms with E-state index in [4.69, 9.17) is 5.73 Å². The lowest BCUT2D eigenvalue weighted by molar-refractivity contribution is -0.131. The highest BCUT2D eigenvalue weighted by Gasteiger charge is 2.27. The Bertz CT molecular complexity index is 350. The number of carbonyl (C=O) groups excluding carboxylic acids is 3. The molecule has 0 spiro atoms. The van der Waals surface area contributed by atoms with E-state index in [1.54, 1.807) is 7.05 Å². The highest BCUT2D eigenvalue weighted by Crippen LogP contribution is 2.09. The van der Waals surface area contributed by atoms with Crippen molar-refractivity contribution in [1.82, 2.24) is 16.0 Å². The highest BCUT2D eigenvalue weighted by atomic mass is 16.2. The van der Waals surface area contributed by atoms with Gasteiger partial charge in [-0.3, -0.25) is 9.59 Å². The summed E-state index contributed by atoms with van der Waals surface area (Å²) in [6.45, 7) is 4.49. The van der Waals surface area contributed by atoms with Gasteiger partial charge in [-0.05, 0) is 38.8 Å². The van der Waals surface area contributed by atoms with E-state index >= 15 is 0 Å². The van der Waals surface area contributed by atoms with Crippen LogP contribution in [-0.4, -0.2) is 50.3 Å². The zero-order valence-electron chi connectivity index (χ0n) is 13.9. The van der Waals surface area contributed by atoms with Crippen LogP contribution in [0.5, 0.6) is 0 Å². The number of hydrogen-bond acceptors (Lipinski definition) is 5. The van der Waals surface area contributed by atoms with Crippen LogP contribution in [0.3, 0.4) is 0 Å². The number of amides is 2. The van der Waals surface area contributed by atoms with Crippen molar-refractivity contribution in [1.29, 1.82) is 0 Å². The maximum absolute atomic E-state index is 12.3. The van der Waals surface area contributed by atoms with Crippen LogP contribution in [0.1, 0.15) is 39.5 Å². The van der Waals surface area contributed by atoms with Crippen LogP contribution in [0.25, 0.3) is 0 Å². The molecule has 0 aromatic carbocycles. The van der Waals surface area contributed by atoms with Crippen molar-refractivity contribution in [2.45, 2.75) is 51.6 Å². The van der Waals surface area contributed by atoms with Crippen molar-refractivity contribution in [3.63, 3.8) is 0 Å². The lowest BCUT2D eigenvalue weighted by Crippen LogP contribution is -2.54. The molecule has 0 aromatic heterocycles. The van der Waals surface area contributed by atoms with Gasteiger partial charge >= 0.3 is 0 Å². The van der Waals surface area contributed by atoms with Gasteiger partial charge in [0.15, 0.2) is 0 Å². The predicted molar refractivity (Wildman–Crippen MR) is 86.2 cm³/mol. The zero-order valence-corrected chi connectivity index (χ0v) is 13.9. The molecular formula is C15H30N4O3. The third kappa shape index (κ3) is 7.51. The van der Waals surface area contributed by atoms with Gasteiger partial charge in [0.1, 0.15) is 12.3 Å². The van der Waals surface area contributed by atoms with E-state index in [-0.39, 0.29) is 30.3 Å². The molecule has 0 aliphatic rings. The average Bonchev–Trinajstić information content (AvgIpc) is 2.52. The molecule has 2 amide bonds. The SMILES string of the molecule is CCC(C)C(NC)C(=O)NC(CCCCN)C(=O)NCC=O. The first kappa shape index (κ1) is 20.5. The Morgan fingerprint density at radius 1 is 1.23 bits per heavy atom. The Kier molecular flexibility index (Phi) is 11.3. The molecule has 0 saturated carbocycles. The number of nitrogens with one attached hydrogen (secondary N) is 3. The first-order chi connectivity index (χ1) is 10.5. The molecule has 0 bridgehead atoms. The van der Waals surface area contributed by atoms with Crippen LogP contribution in [0, 0.1) is 5.92 Å². The molecule has 0 aliphatic heterocycles. The predicted octanol–water partition coefficient (Wildman–Crippen LogP) is -0.451. The molecule has 0 saturated heterocycles. The first-order valence-electron chi connectivity index (χ1n) is 7.90. The second kappa shape index (κ2) is 12.1. The van der Waals surface area contributed by atoms with Crippen LogP contribution >= 0.6 is 0 Å². The molecular weight excluding hydrogens is 284 g/mol. The van der Waals surface area contributed by atoms with Gasteiger partial charge in [0.2, 0.25) is 11.8 Å². The number of unbranched alkanes of at least 4 members (excludes halogenated alkanes) is 1. The summed E-state index contributed by atoms with van der Waals surface area (Å²) in [5, 5.41) is 8.26. The van der Waals surface area contributed by atoms with Crippen molar-refractivity contribution < 1.29 is 14.4 Å². The Morgan fingerprint density at radius 3 is 2.41 bits per heavy atom. The minimum absolute atomic E-state index is 0.0527. The number of rotatable bonds is 12. The smallest absolute Gasteiger partial charge is 0.242 e. The normalized spacial score (nSPS) is 14.7. The van der Waals surface area contributed by atoms with Crippen molar-refractivity contribution in [3.8, 4) is 0 Å². The monoisotopic (exact) mass is 314 g/mol. The molecule has 0 heterocycles. The van der Waals surface area contributed by atoms with E-state index in [1.807, 2.05) is 13.8 Å². The molecule has 0 aromatic rings. The largest absolute Gasteiger partial charge is 0.348 e. The third-order valence-electron chi connectivity index (χ3n) is 3.75. The standard InChI is InChI=1S/C15H30N4O3/c1-4-11(2)13(17-3)15(22)19-12(7-5-6-8-16)14(21)18-9-10-20/h10-13,17H,4-9,16H2,1-3H3,(H,18,21)(H,19,22). The van der Waals surface area contributed by atoms with Gasteiger partial charge < -0.3 is 26.5 Å². The fourth-order valence-electron chi connectivity index (χ4n) is 2.20. The Morgan fingerprint density at radius 2 is 1.91 bits per heavy atom. The van der Waals surface area contributed by atoms with Gasteiger partial charge in [-0.1, -0.05) is 20.3 Å². The molecule has 7 nitrogen and oxygen atoms in total. The van der Waals surface area contributed by atoms with E-state index < -0.39 is 6.04 Å². The molecule has 3 atom stereocenters. The molecule has 7 heteroatoms. The van der Waals surface area contributed by atoms with Crippen LogP contribution in [0.2, 0.25) is 0 Å². The van der Waals surface area contributed by atoms with E-state index in [0.717, 1.165) is 19.3 Å². The summed E-state index contributed by atoms with van der Waals surface area (Å²) in [4.78, 5) is 34.8. The van der Waals surface area contributed by atoms with Crippen molar-refractivity contribution in [3.05, 3.63) is 0 Å². The van der Waals surface area contributed by atoms with Gasteiger partial charge in [0, 0.05) is 0 Å². The lowest BCUT2D eigenvalue weighted by Gasteiger charge is -2.25. The number of carbonyl (C=O) groups is 3. The minimum atomic E-state index is -0.640. The second-order valence-electron chi connectivity index (χ2n) is 5.41. The Balaban J connectivity index is 4.74. The molecule has 0 rings (SSSR count). The molecule has 0 aliphatic carbocycles. The number of aldehydes is 1. The molecule has 0 radical (unpaired) electrons. The summed E-state index contributed by atoms with van der Waals surface area (Å²) in [5.74, 6) is -0.375. The minimum Gasteiger partial charge on any atom is -0.348 e. The van der Waals surface area contributed by atoms with Gasteiger partial charge in [0.25, 0.3) is 0 Å². The average molecular weight is 314 g/mol. The summed E-state index contributed by atoms with van der Waals surface area (Å²) in [7, 11) is 1.73. The van der Waals surface area contributed by atoms with Crippen molar-refractivity contribution >= 4 is 18.1 Å². The first-order valence-corrected chi connectivity index (χ1v) is 7.90. The molecule has 22 heavy (non-hydrogen) atoms. The fourth-order valence-corrected chi connectivity index (χ4v) is 2.20. The van der Waals surface area contributed by atoms with Gasteiger partial charge in [-0.25, -0.2) is 0 Å². The molecule has 5 N–H and O–H groups in total. The van der Waals surface area contributed by atoms with Crippen LogP contribution < -0.4 is 21.7 Å². The van der Waals surface area contributed by atoms with Gasteiger partial charge in [-0.15, -0.1) is 0 Å².